The van der Waals surface area contributed by atoms with Gasteiger partial charge in [-0.15, -0.1) is 13.2 Å². The van der Waals surface area contributed by atoms with Crippen LogP contribution in [0.2, 0.25) is 5.02 Å². The van der Waals surface area contributed by atoms with E-state index in [1.165, 1.54) is 30.3 Å². The summed E-state index contributed by atoms with van der Waals surface area (Å²) in [6.07, 6.45) is -4.87. The van der Waals surface area contributed by atoms with Gasteiger partial charge in [0.05, 0.1) is 5.02 Å². The standard InChI is InChI=1S/C15H13ClF3NO3S/c1-10-6-7-14(12(16)8-10)24(21,22)20-9-11-4-2-3-5-13(11)23-15(17,18)19/h2-8,20H,9H2,1H3. The maximum absolute atomic E-state index is 12.4. The summed E-state index contributed by atoms with van der Waals surface area (Å²) in [7, 11) is -3.99. The van der Waals surface area contributed by atoms with E-state index in [2.05, 4.69) is 9.46 Å². The molecule has 0 bridgehead atoms. The smallest absolute Gasteiger partial charge is 0.405 e. The van der Waals surface area contributed by atoms with Gasteiger partial charge in [-0.05, 0) is 30.7 Å². The molecule has 130 valence electrons. The van der Waals surface area contributed by atoms with Gasteiger partial charge in [0, 0.05) is 12.1 Å². The van der Waals surface area contributed by atoms with E-state index >= 15 is 0 Å². The Kier molecular flexibility index (Phi) is 5.42. The number of benzene rings is 2. The van der Waals surface area contributed by atoms with Crippen LogP contribution in [0.3, 0.4) is 0 Å². The lowest BCUT2D eigenvalue weighted by Gasteiger charge is -2.14. The highest BCUT2D eigenvalue weighted by molar-refractivity contribution is 7.89. The summed E-state index contributed by atoms with van der Waals surface area (Å²) in [6, 6.07) is 9.66. The van der Waals surface area contributed by atoms with Crippen molar-refractivity contribution in [3.8, 4) is 5.75 Å². The largest absolute Gasteiger partial charge is 0.573 e. The maximum atomic E-state index is 12.4. The molecular formula is C15H13ClF3NO3S. The summed E-state index contributed by atoms with van der Waals surface area (Å²) in [4.78, 5) is -0.149. The lowest BCUT2D eigenvalue weighted by molar-refractivity contribution is -0.274. The van der Waals surface area contributed by atoms with Gasteiger partial charge < -0.3 is 4.74 Å². The van der Waals surface area contributed by atoms with Gasteiger partial charge in [-0.3, -0.25) is 0 Å². The molecule has 24 heavy (non-hydrogen) atoms. The molecule has 0 unspecified atom stereocenters. The highest BCUT2D eigenvalue weighted by Crippen LogP contribution is 2.27. The van der Waals surface area contributed by atoms with Crippen LogP contribution in [-0.2, 0) is 16.6 Å². The van der Waals surface area contributed by atoms with Crippen molar-refractivity contribution in [3.05, 3.63) is 58.6 Å². The monoisotopic (exact) mass is 379 g/mol. The number of nitrogens with one attached hydrogen (secondary N) is 1. The van der Waals surface area contributed by atoms with Crippen LogP contribution in [-0.4, -0.2) is 14.8 Å². The fourth-order valence-corrected chi connectivity index (χ4v) is 3.55. The third kappa shape index (κ3) is 4.86. The zero-order valence-electron chi connectivity index (χ0n) is 12.4. The minimum absolute atomic E-state index is 0.0299. The first-order valence-electron chi connectivity index (χ1n) is 6.68. The van der Waals surface area contributed by atoms with Gasteiger partial charge in [0.15, 0.2) is 0 Å². The van der Waals surface area contributed by atoms with Crippen LogP contribution in [0.1, 0.15) is 11.1 Å². The van der Waals surface area contributed by atoms with Crippen LogP contribution in [0.5, 0.6) is 5.75 Å². The number of ether oxygens (including phenoxy) is 1. The molecule has 0 saturated carbocycles. The lowest BCUT2D eigenvalue weighted by atomic mass is 10.2. The van der Waals surface area contributed by atoms with Crippen molar-refractivity contribution in [2.45, 2.75) is 24.7 Å². The number of aryl methyl sites for hydroxylation is 1. The second kappa shape index (κ2) is 7.00. The Morgan fingerprint density at radius 2 is 1.83 bits per heavy atom. The van der Waals surface area contributed by atoms with Crippen molar-refractivity contribution in [1.29, 1.82) is 0 Å². The number of hydrogen-bond donors (Lipinski definition) is 1. The van der Waals surface area contributed by atoms with Crippen LogP contribution in [0.15, 0.2) is 47.4 Å². The molecule has 0 fully saturated rings. The van der Waals surface area contributed by atoms with Gasteiger partial charge >= 0.3 is 6.36 Å². The van der Waals surface area contributed by atoms with Gasteiger partial charge in [0.1, 0.15) is 10.6 Å². The van der Waals surface area contributed by atoms with Crippen LogP contribution in [0.25, 0.3) is 0 Å². The summed E-state index contributed by atoms with van der Waals surface area (Å²) >= 11 is 5.92. The number of hydrogen-bond acceptors (Lipinski definition) is 3. The Balaban J connectivity index is 2.21. The second-order valence-corrected chi connectivity index (χ2v) is 7.06. The SMILES string of the molecule is Cc1ccc(S(=O)(=O)NCc2ccccc2OC(F)(F)F)c(Cl)c1. The molecule has 0 heterocycles. The molecule has 0 atom stereocenters. The second-order valence-electron chi connectivity index (χ2n) is 4.91. The van der Waals surface area contributed by atoms with E-state index in [4.69, 9.17) is 11.6 Å². The zero-order valence-corrected chi connectivity index (χ0v) is 14.0. The minimum Gasteiger partial charge on any atom is -0.405 e. The molecular weight excluding hydrogens is 367 g/mol. The van der Waals surface area contributed by atoms with Crippen molar-refractivity contribution in [1.82, 2.24) is 4.72 Å². The zero-order chi connectivity index (χ0) is 18.0. The van der Waals surface area contributed by atoms with Gasteiger partial charge in [-0.1, -0.05) is 35.9 Å². The number of alkyl halides is 3. The Morgan fingerprint density at radius 3 is 2.46 bits per heavy atom. The van der Waals surface area contributed by atoms with E-state index in [-0.39, 0.29) is 22.0 Å². The Morgan fingerprint density at radius 1 is 1.17 bits per heavy atom. The number of sulfonamides is 1. The summed E-state index contributed by atoms with van der Waals surface area (Å²) < 4.78 is 67.8. The van der Waals surface area contributed by atoms with Crippen LogP contribution >= 0.6 is 11.6 Å². The fraction of sp³-hybridized carbons (Fsp3) is 0.200. The number of para-hydroxylation sites is 1. The van der Waals surface area contributed by atoms with Crippen molar-refractivity contribution < 1.29 is 26.3 Å². The third-order valence-electron chi connectivity index (χ3n) is 3.03. The molecule has 2 aromatic rings. The quantitative estimate of drug-likeness (QED) is 0.853. The predicted octanol–water partition coefficient (Wildman–Crippen LogP) is 4.03. The van der Waals surface area contributed by atoms with E-state index in [0.29, 0.717) is 0 Å². The van der Waals surface area contributed by atoms with Crippen LogP contribution in [0.4, 0.5) is 13.2 Å². The van der Waals surface area contributed by atoms with E-state index in [1.54, 1.807) is 13.0 Å². The summed E-state index contributed by atoms with van der Waals surface area (Å²) in [5.74, 6) is -0.470. The molecule has 0 saturated heterocycles. The molecule has 0 aliphatic heterocycles. The average molecular weight is 380 g/mol. The summed E-state index contributed by atoms with van der Waals surface area (Å²) in [5.41, 5.74) is 0.824. The van der Waals surface area contributed by atoms with Gasteiger partial charge in [-0.25, -0.2) is 13.1 Å². The topological polar surface area (TPSA) is 55.4 Å². The third-order valence-corrected chi connectivity index (χ3v) is 4.91. The Hall–Kier alpha value is -1.77. The molecule has 2 rings (SSSR count). The van der Waals surface area contributed by atoms with Gasteiger partial charge in [-0.2, -0.15) is 0 Å². The molecule has 0 spiro atoms. The maximum Gasteiger partial charge on any atom is 0.573 e. The molecule has 0 amide bonds. The van der Waals surface area contributed by atoms with Crippen molar-refractivity contribution in [3.63, 3.8) is 0 Å². The highest BCUT2D eigenvalue weighted by atomic mass is 35.5. The normalized spacial score (nSPS) is 12.2. The fourth-order valence-electron chi connectivity index (χ4n) is 1.95. The number of halogens is 4. The molecule has 0 aliphatic rings. The van der Waals surface area contributed by atoms with Gasteiger partial charge in [0.2, 0.25) is 10.0 Å². The van der Waals surface area contributed by atoms with E-state index < -0.39 is 22.1 Å². The van der Waals surface area contributed by atoms with Gasteiger partial charge in [0.25, 0.3) is 0 Å². The van der Waals surface area contributed by atoms with E-state index in [9.17, 15) is 21.6 Å². The average Bonchev–Trinajstić information content (AvgIpc) is 2.44. The Labute approximate surface area is 142 Å². The van der Waals surface area contributed by atoms with Crippen molar-refractivity contribution in [2.75, 3.05) is 0 Å². The van der Waals surface area contributed by atoms with Crippen LogP contribution in [0, 0.1) is 6.92 Å². The summed E-state index contributed by atoms with van der Waals surface area (Å²) in [5, 5.41) is 0.0299. The number of rotatable bonds is 5. The molecule has 0 aliphatic carbocycles. The first kappa shape index (κ1) is 18.6. The molecule has 0 aromatic heterocycles. The first-order valence-corrected chi connectivity index (χ1v) is 8.54. The van der Waals surface area contributed by atoms with Crippen molar-refractivity contribution in [2.24, 2.45) is 0 Å². The van der Waals surface area contributed by atoms with Crippen molar-refractivity contribution >= 4 is 21.6 Å². The molecule has 2 aromatic carbocycles. The molecule has 9 heteroatoms. The van der Waals surface area contributed by atoms with E-state index in [0.717, 1.165) is 11.6 Å². The molecule has 4 nitrogen and oxygen atoms in total. The summed E-state index contributed by atoms with van der Waals surface area (Å²) in [6.45, 7) is 1.37. The van der Waals surface area contributed by atoms with Crippen LogP contribution < -0.4 is 9.46 Å². The molecule has 0 radical (unpaired) electrons. The lowest BCUT2D eigenvalue weighted by Crippen LogP contribution is -2.25. The van der Waals surface area contributed by atoms with E-state index in [1.807, 2.05) is 0 Å². The minimum atomic E-state index is -4.87. The first-order chi connectivity index (χ1) is 11.1. The highest BCUT2D eigenvalue weighted by Gasteiger charge is 2.32. The molecule has 1 N–H and O–H groups in total. The predicted molar refractivity (Wildman–Crippen MR) is 83.3 cm³/mol. The Bertz CT molecular complexity index is 838.